The average molecular weight is 287 g/mol. The highest BCUT2D eigenvalue weighted by Crippen LogP contribution is 2.27. The molecule has 2 N–H and O–H groups in total. The Kier molecular flexibility index (Phi) is 4.98. The van der Waals surface area contributed by atoms with Gasteiger partial charge in [0, 0.05) is 6.20 Å². The predicted octanol–water partition coefficient (Wildman–Crippen LogP) is 1.72. The van der Waals surface area contributed by atoms with E-state index < -0.39 is 0 Å². The lowest BCUT2D eigenvalue weighted by Crippen LogP contribution is -2.19. The third-order valence-electron chi connectivity index (χ3n) is 2.83. The molecule has 0 fully saturated rings. The molecule has 1 aromatic carbocycles. The highest BCUT2D eigenvalue weighted by Gasteiger charge is 2.07. The predicted molar refractivity (Wildman–Crippen MR) is 79.8 cm³/mol. The molecule has 6 nitrogen and oxygen atoms in total. The van der Waals surface area contributed by atoms with Crippen molar-refractivity contribution in [3.05, 3.63) is 47.8 Å². The van der Waals surface area contributed by atoms with E-state index in [2.05, 4.69) is 15.5 Å². The van der Waals surface area contributed by atoms with Crippen LogP contribution in [0.2, 0.25) is 0 Å². The number of carbonyl (C=O) groups excluding carboxylic acids is 1. The van der Waals surface area contributed by atoms with E-state index in [9.17, 15) is 4.79 Å². The maximum absolute atomic E-state index is 11.8. The van der Waals surface area contributed by atoms with Gasteiger partial charge in [-0.15, -0.1) is 0 Å². The topological polar surface area (TPSA) is 75.7 Å². The van der Waals surface area contributed by atoms with Gasteiger partial charge in [-0.05, 0) is 29.8 Å². The number of aromatic amines is 1. The Labute approximate surface area is 122 Å². The van der Waals surface area contributed by atoms with Gasteiger partial charge in [0.2, 0.25) is 5.91 Å². The quantitative estimate of drug-likeness (QED) is 0.627. The number of nitrogens with one attached hydrogen (secondary N) is 2. The molecule has 0 atom stereocenters. The van der Waals surface area contributed by atoms with Crippen LogP contribution in [0.1, 0.15) is 11.3 Å². The molecule has 0 spiro atoms. The van der Waals surface area contributed by atoms with Crippen LogP contribution in [0.15, 0.2) is 41.6 Å². The van der Waals surface area contributed by atoms with E-state index in [-0.39, 0.29) is 12.3 Å². The molecule has 0 aliphatic heterocycles. The van der Waals surface area contributed by atoms with Gasteiger partial charge in [0.05, 0.1) is 32.5 Å². The largest absolute Gasteiger partial charge is 0.493 e. The first kappa shape index (κ1) is 14.6. The lowest BCUT2D eigenvalue weighted by Gasteiger charge is -2.09. The van der Waals surface area contributed by atoms with Gasteiger partial charge in [-0.2, -0.15) is 5.10 Å². The van der Waals surface area contributed by atoms with E-state index in [1.54, 1.807) is 38.8 Å². The minimum atomic E-state index is -0.204. The summed E-state index contributed by atoms with van der Waals surface area (Å²) in [5.41, 5.74) is 4.11. The maximum atomic E-state index is 11.8. The standard InChI is InChI=1S/C15H17N3O3/c1-20-13-6-5-11(8-14(13)21-2)9-15(19)18-17-10-12-4-3-7-16-12/h3-8,10,16H,9H2,1-2H3,(H,18,19)/b17-10+. The van der Waals surface area contributed by atoms with E-state index in [0.29, 0.717) is 11.5 Å². The summed E-state index contributed by atoms with van der Waals surface area (Å²) in [6, 6.07) is 9.06. The van der Waals surface area contributed by atoms with Crippen LogP contribution < -0.4 is 14.9 Å². The van der Waals surface area contributed by atoms with Crippen molar-refractivity contribution in [1.29, 1.82) is 0 Å². The fourth-order valence-electron chi connectivity index (χ4n) is 1.81. The van der Waals surface area contributed by atoms with Gasteiger partial charge in [-0.3, -0.25) is 4.79 Å². The average Bonchev–Trinajstić information content (AvgIpc) is 3.00. The number of hydrogen-bond donors (Lipinski definition) is 2. The zero-order valence-corrected chi connectivity index (χ0v) is 11.9. The molecule has 2 rings (SSSR count). The smallest absolute Gasteiger partial charge is 0.244 e. The fraction of sp³-hybridized carbons (Fsp3) is 0.200. The Bertz CT molecular complexity index is 621. The summed E-state index contributed by atoms with van der Waals surface area (Å²) in [5.74, 6) is 1.02. The summed E-state index contributed by atoms with van der Waals surface area (Å²) in [7, 11) is 3.13. The van der Waals surface area contributed by atoms with Gasteiger partial charge in [-0.1, -0.05) is 6.07 Å². The van der Waals surface area contributed by atoms with Crippen molar-refractivity contribution in [3.63, 3.8) is 0 Å². The second kappa shape index (κ2) is 7.14. The lowest BCUT2D eigenvalue weighted by atomic mass is 10.1. The third kappa shape index (κ3) is 4.10. The van der Waals surface area contributed by atoms with Gasteiger partial charge in [0.15, 0.2) is 11.5 Å². The molecule has 1 amide bonds. The zero-order valence-electron chi connectivity index (χ0n) is 11.9. The van der Waals surface area contributed by atoms with E-state index in [1.165, 1.54) is 0 Å². The summed E-state index contributed by atoms with van der Waals surface area (Å²) < 4.78 is 10.3. The number of benzene rings is 1. The Morgan fingerprint density at radius 1 is 1.29 bits per heavy atom. The van der Waals surface area contributed by atoms with Crippen LogP contribution in [0.4, 0.5) is 0 Å². The molecule has 0 saturated heterocycles. The van der Waals surface area contributed by atoms with Crippen LogP contribution in [0, 0.1) is 0 Å². The molecule has 0 bridgehead atoms. The third-order valence-corrected chi connectivity index (χ3v) is 2.83. The Hall–Kier alpha value is -2.76. The van der Waals surface area contributed by atoms with Crippen LogP contribution >= 0.6 is 0 Å². The van der Waals surface area contributed by atoms with E-state index in [1.807, 2.05) is 18.2 Å². The van der Waals surface area contributed by atoms with Crippen molar-refractivity contribution in [2.45, 2.75) is 6.42 Å². The number of ether oxygens (including phenoxy) is 2. The summed E-state index contributed by atoms with van der Waals surface area (Å²) in [5, 5.41) is 3.87. The van der Waals surface area contributed by atoms with Crippen LogP contribution in [0.5, 0.6) is 11.5 Å². The summed E-state index contributed by atoms with van der Waals surface area (Å²) >= 11 is 0. The number of hydrogen-bond acceptors (Lipinski definition) is 4. The number of methoxy groups -OCH3 is 2. The van der Waals surface area contributed by atoms with Crippen molar-refractivity contribution in [3.8, 4) is 11.5 Å². The minimum absolute atomic E-state index is 0.204. The van der Waals surface area contributed by atoms with Crippen LogP contribution in [-0.4, -0.2) is 31.3 Å². The molecule has 0 radical (unpaired) electrons. The molecule has 6 heteroatoms. The van der Waals surface area contributed by atoms with E-state index in [0.717, 1.165) is 11.3 Å². The number of H-pyrrole nitrogens is 1. The molecular weight excluding hydrogens is 270 g/mol. The van der Waals surface area contributed by atoms with Crippen molar-refractivity contribution < 1.29 is 14.3 Å². The molecular formula is C15H17N3O3. The van der Waals surface area contributed by atoms with E-state index >= 15 is 0 Å². The van der Waals surface area contributed by atoms with Crippen molar-refractivity contribution in [2.24, 2.45) is 5.10 Å². The number of rotatable bonds is 6. The minimum Gasteiger partial charge on any atom is -0.493 e. The number of hydrazone groups is 1. The monoisotopic (exact) mass is 287 g/mol. The summed E-state index contributed by atoms with van der Waals surface area (Å²) in [4.78, 5) is 14.7. The molecule has 110 valence electrons. The van der Waals surface area contributed by atoms with Gasteiger partial charge in [0.25, 0.3) is 0 Å². The first-order valence-corrected chi connectivity index (χ1v) is 6.39. The van der Waals surface area contributed by atoms with Crippen LogP contribution in [0.3, 0.4) is 0 Å². The fourth-order valence-corrected chi connectivity index (χ4v) is 1.81. The molecule has 2 aromatic rings. The number of amides is 1. The van der Waals surface area contributed by atoms with Crippen molar-refractivity contribution >= 4 is 12.1 Å². The second-order valence-corrected chi connectivity index (χ2v) is 4.28. The lowest BCUT2D eigenvalue weighted by molar-refractivity contribution is -0.120. The first-order valence-electron chi connectivity index (χ1n) is 6.39. The van der Waals surface area contributed by atoms with Gasteiger partial charge in [-0.25, -0.2) is 5.43 Å². The summed E-state index contributed by atoms with van der Waals surface area (Å²) in [6.07, 6.45) is 3.54. The highest BCUT2D eigenvalue weighted by molar-refractivity contribution is 5.82. The normalized spacial score (nSPS) is 10.6. The molecule has 21 heavy (non-hydrogen) atoms. The SMILES string of the molecule is COc1ccc(CC(=O)N/N=C/c2ccc[nH]2)cc1OC. The molecule has 0 unspecified atom stereocenters. The Morgan fingerprint density at radius 2 is 2.10 bits per heavy atom. The number of aromatic nitrogens is 1. The van der Waals surface area contributed by atoms with Gasteiger partial charge < -0.3 is 14.5 Å². The van der Waals surface area contributed by atoms with Crippen LogP contribution in [0.25, 0.3) is 0 Å². The second-order valence-electron chi connectivity index (χ2n) is 4.28. The number of carbonyl (C=O) groups is 1. The molecule has 1 aromatic heterocycles. The highest BCUT2D eigenvalue weighted by atomic mass is 16.5. The van der Waals surface area contributed by atoms with Crippen molar-refractivity contribution in [2.75, 3.05) is 14.2 Å². The summed E-state index contributed by atoms with van der Waals surface area (Å²) in [6.45, 7) is 0. The zero-order chi connectivity index (χ0) is 15.1. The van der Waals surface area contributed by atoms with Crippen LogP contribution in [-0.2, 0) is 11.2 Å². The van der Waals surface area contributed by atoms with Gasteiger partial charge in [0.1, 0.15) is 0 Å². The molecule has 0 aliphatic carbocycles. The molecule has 0 aliphatic rings. The number of nitrogens with zero attached hydrogens (tertiary/aromatic N) is 1. The maximum Gasteiger partial charge on any atom is 0.244 e. The Morgan fingerprint density at radius 3 is 2.76 bits per heavy atom. The first-order chi connectivity index (χ1) is 10.2. The Balaban J connectivity index is 1.93. The molecule has 0 saturated carbocycles. The molecule has 1 heterocycles. The van der Waals surface area contributed by atoms with E-state index in [4.69, 9.17) is 9.47 Å². The van der Waals surface area contributed by atoms with Crippen molar-refractivity contribution in [1.82, 2.24) is 10.4 Å². The van der Waals surface area contributed by atoms with Gasteiger partial charge >= 0.3 is 0 Å².